The number of hydrogen-bond donors (Lipinski definition) is 0. The van der Waals surface area contributed by atoms with Gasteiger partial charge in [-0.25, -0.2) is 0 Å². The van der Waals surface area contributed by atoms with Crippen LogP contribution < -0.4 is 0 Å². The van der Waals surface area contributed by atoms with Gasteiger partial charge in [0.25, 0.3) is 0 Å². The summed E-state index contributed by atoms with van der Waals surface area (Å²) in [4.78, 5) is 51.3. The van der Waals surface area contributed by atoms with Gasteiger partial charge in [-0.2, -0.15) is 0 Å². The summed E-state index contributed by atoms with van der Waals surface area (Å²) in [5, 5.41) is 0. The summed E-state index contributed by atoms with van der Waals surface area (Å²) in [6.45, 7) is 18.2. The molecule has 0 bridgehead atoms. The van der Waals surface area contributed by atoms with E-state index in [4.69, 9.17) is 9.47 Å². The predicted octanol–water partition coefficient (Wildman–Crippen LogP) is 6.10. The summed E-state index contributed by atoms with van der Waals surface area (Å²) in [6.07, 6.45) is 4.16. The largest absolute Gasteiger partial charge is 0.393 e. The third kappa shape index (κ3) is 9.83. The molecule has 0 spiro atoms. The molecule has 0 aliphatic carbocycles. The average molecular weight is 455 g/mol. The zero-order valence-corrected chi connectivity index (χ0v) is 22.0. The first-order chi connectivity index (χ1) is 14.6. The molecular weight excluding hydrogens is 408 g/mol. The van der Waals surface area contributed by atoms with E-state index < -0.39 is 46.5 Å². The molecule has 0 radical (unpaired) electrons. The van der Waals surface area contributed by atoms with Crippen LogP contribution in [-0.2, 0) is 28.7 Å². The Balaban J connectivity index is 6.16. The standard InChI is InChI=1S/C26H46O6/c1-11-17(12-2)15-19(21(27)31-23(29)25(5,6)7)20(16-18(13-3)14-4)22(28)32-24(30)26(8,9)10/h17-20H,11-16H2,1-10H3. The van der Waals surface area contributed by atoms with Crippen molar-refractivity contribution in [2.45, 2.75) is 108 Å². The predicted molar refractivity (Wildman–Crippen MR) is 125 cm³/mol. The zero-order chi connectivity index (χ0) is 25.3. The summed E-state index contributed by atoms with van der Waals surface area (Å²) in [5.74, 6) is -3.96. The van der Waals surface area contributed by atoms with Gasteiger partial charge in [0.1, 0.15) is 0 Å². The number of rotatable bonds is 11. The summed E-state index contributed by atoms with van der Waals surface area (Å²) in [5.41, 5.74) is -1.69. The van der Waals surface area contributed by atoms with Gasteiger partial charge in [0.05, 0.1) is 22.7 Å². The third-order valence-corrected chi connectivity index (χ3v) is 6.19. The Hall–Kier alpha value is -1.72. The van der Waals surface area contributed by atoms with E-state index in [0.29, 0.717) is 12.8 Å². The van der Waals surface area contributed by atoms with E-state index >= 15 is 0 Å². The Morgan fingerprint density at radius 3 is 1.00 bits per heavy atom. The van der Waals surface area contributed by atoms with E-state index in [1.807, 2.05) is 27.7 Å². The Bertz CT molecular complexity index is 574. The van der Waals surface area contributed by atoms with Gasteiger partial charge in [-0.05, 0) is 66.2 Å². The molecule has 0 fully saturated rings. The number of hydrogen-bond acceptors (Lipinski definition) is 6. The first-order valence-electron chi connectivity index (χ1n) is 12.1. The van der Waals surface area contributed by atoms with Gasteiger partial charge in [-0.1, -0.05) is 53.4 Å². The Morgan fingerprint density at radius 1 is 0.562 bits per heavy atom. The lowest BCUT2D eigenvalue weighted by Gasteiger charge is -2.30. The maximum atomic E-state index is 13.2. The summed E-state index contributed by atoms with van der Waals surface area (Å²) in [7, 11) is 0. The molecule has 6 heteroatoms. The van der Waals surface area contributed by atoms with Crippen molar-refractivity contribution in [3.63, 3.8) is 0 Å². The molecule has 2 unspecified atom stereocenters. The van der Waals surface area contributed by atoms with Crippen LogP contribution in [0.3, 0.4) is 0 Å². The Labute approximate surface area is 195 Å². The van der Waals surface area contributed by atoms with E-state index in [0.717, 1.165) is 25.7 Å². The van der Waals surface area contributed by atoms with E-state index in [1.165, 1.54) is 0 Å². The van der Waals surface area contributed by atoms with Crippen LogP contribution in [0.25, 0.3) is 0 Å². The van der Waals surface area contributed by atoms with Crippen molar-refractivity contribution in [2.75, 3.05) is 0 Å². The van der Waals surface area contributed by atoms with Gasteiger partial charge >= 0.3 is 23.9 Å². The monoisotopic (exact) mass is 454 g/mol. The molecule has 32 heavy (non-hydrogen) atoms. The molecule has 0 rings (SSSR count). The lowest BCUT2D eigenvalue weighted by molar-refractivity contribution is -0.178. The molecule has 0 aromatic heterocycles. The van der Waals surface area contributed by atoms with Crippen molar-refractivity contribution in [3.8, 4) is 0 Å². The summed E-state index contributed by atoms with van der Waals surface area (Å²) < 4.78 is 10.5. The minimum absolute atomic E-state index is 0.188. The maximum Gasteiger partial charge on any atom is 0.318 e. The first-order valence-corrected chi connectivity index (χ1v) is 12.1. The highest BCUT2D eigenvalue weighted by Crippen LogP contribution is 2.34. The number of esters is 4. The van der Waals surface area contributed by atoms with Crippen LogP contribution in [0.15, 0.2) is 0 Å². The summed E-state index contributed by atoms with van der Waals surface area (Å²) in [6, 6.07) is 0. The molecule has 6 nitrogen and oxygen atoms in total. The molecule has 0 N–H and O–H groups in total. The normalized spacial score (nSPS) is 14.2. The molecule has 0 aliphatic rings. The topological polar surface area (TPSA) is 86.7 Å². The van der Waals surface area contributed by atoms with E-state index in [1.54, 1.807) is 41.5 Å². The van der Waals surface area contributed by atoms with Gasteiger partial charge in [0.15, 0.2) is 0 Å². The minimum atomic E-state index is -0.845. The number of carbonyl (C=O) groups excluding carboxylic acids is 4. The smallest absolute Gasteiger partial charge is 0.318 e. The zero-order valence-electron chi connectivity index (χ0n) is 22.0. The summed E-state index contributed by atoms with van der Waals surface area (Å²) >= 11 is 0. The molecular formula is C26H46O6. The highest BCUT2D eigenvalue weighted by atomic mass is 16.6. The van der Waals surface area contributed by atoms with E-state index in [-0.39, 0.29) is 11.8 Å². The van der Waals surface area contributed by atoms with Gasteiger partial charge in [0.2, 0.25) is 0 Å². The van der Waals surface area contributed by atoms with Crippen LogP contribution >= 0.6 is 0 Å². The second-order valence-electron chi connectivity index (χ2n) is 11.0. The fourth-order valence-electron chi connectivity index (χ4n) is 3.45. The van der Waals surface area contributed by atoms with Gasteiger partial charge in [-0.15, -0.1) is 0 Å². The minimum Gasteiger partial charge on any atom is -0.393 e. The van der Waals surface area contributed by atoms with Crippen LogP contribution in [0.1, 0.15) is 108 Å². The van der Waals surface area contributed by atoms with Crippen molar-refractivity contribution >= 4 is 23.9 Å². The average Bonchev–Trinajstić information content (AvgIpc) is 2.68. The fraction of sp³-hybridized carbons (Fsp3) is 0.846. The molecule has 0 aliphatic heterocycles. The molecule has 0 heterocycles. The van der Waals surface area contributed by atoms with Crippen molar-refractivity contribution in [3.05, 3.63) is 0 Å². The Kier molecular flexibility index (Phi) is 12.4. The molecule has 0 saturated carbocycles. The van der Waals surface area contributed by atoms with Crippen molar-refractivity contribution in [1.82, 2.24) is 0 Å². The SMILES string of the molecule is CCC(CC)CC(C(=O)OC(=O)C(C)(C)C)C(CC(CC)CC)C(=O)OC(=O)C(C)(C)C. The first kappa shape index (κ1) is 30.3. The second-order valence-corrected chi connectivity index (χ2v) is 11.0. The fourth-order valence-corrected chi connectivity index (χ4v) is 3.45. The highest BCUT2D eigenvalue weighted by molar-refractivity contribution is 5.94. The van der Waals surface area contributed by atoms with Crippen LogP contribution in [0.2, 0.25) is 0 Å². The molecule has 0 saturated heterocycles. The molecule has 0 aromatic rings. The lowest BCUT2D eigenvalue weighted by atomic mass is 9.77. The Morgan fingerprint density at radius 2 is 0.812 bits per heavy atom. The van der Waals surface area contributed by atoms with Gasteiger partial charge < -0.3 is 9.47 Å². The van der Waals surface area contributed by atoms with Crippen LogP contribution in [0.4, 0.5) is 0 Å². The van der Waals surface area contributed by atoms with E-state index in [2.05, 4.69) is 0 Å². The number of carbonyl (C=O) groups is 4. The van der Waals surface area contributed by atoms with Crippen molar-refractivity contribution in [2.24, 2.45) is 34.5 Å². The van der Waals surface area contributed by atoms with Gasteiger partial charge in [-0.3, -0.25) is 19.2 Å². The second kappa shape index (κ2) is 13.1. The number of ether oxygens (including phenoxy) is 2. The van der Waals surface area contributed by atoms with Gasteiger partial charge in [0, 0.05) is 0 Å². The molecule has 0 amide bonds. The van der Waals surface area contributed by atoms with Crippen LogP contribution in [0.5, 0.6) is 0 Å². The van der Waals surface area contributed by atoms with Crippen molar-refractivity contribution < 1.29 is 28.7 Å². The third-order valence-electron chi connectivity index (χ3n) is 6.19. The molecule has 186 valence electrons. The van der Waals surface area contributed by atoms with E-state index in [9.17, 15) is 19.2 Å². The van der Waals surface area contributed by atoms with Crippen molar-refractivity contribution in [1.29, 1.82) is 0 Å². The molecule has 2 atom stereocenters. The van der Waals surface area contributed by atoms with Crippen LogP contribution in [0, 0.1) is 34.5 Å². The maximum absolute atomic E-state index is 13.2. The molecule has 0 aromatic carbocycles. The quantitative estimate of drug-likeness (QED) is 0.277. The highest BCUT2D eigenvalue weighted by Gasteiger charge is 2.41. The lowest BCUT2D eigenvalue weighted by Crippen LogP contribution is -2.39. The van der Waals surface area contributed by atoms with Crippen LogP contribution in [-0.4, -0.2) is 23.9 Å².